The molecule has 0 saturated carbocycles. The number of nitrogens with one attached hydrogen (secondary N) is 1. The van der Waals surface area contributed by atoms with Gasteiger partial charge >= 0.3 is 0 Å². The molecule has 6 heteroatoms. The number of hydrogen-bond acceptors (Lipinski definition) is 4. The summed E-state index contributed by atoms with van der Waals surface area (Å²) in [5, 5.41) is 12.4. The van der Waals surface area contributed by atoms with Gasteiger partial charge in [0.25, 0.3) is 5.91 Å². The first kappa shape index (κ1) is 15.6. The smallest absolute Gasteiger partial charge is 0.251 e. The van der Waals surface area contributed by atoms with Crippen LogP contribution in [0.4, 0.5) is 0 Å². The third-order valence-corrected chi connectivity index (χ3v) is 3.38. The maximum Gasteiger partial charge on any atom is 0.251 e. The average molecular weight is 302 g/mol. The summed E-state index contributed by atoms with van der Waals surface area (Å²) in [6, 6.07) is 8.17. The van der Waals surface area contributed by atoms with E-state index in [1.165, 1.54) is 6.07 Å². The summed E-state index contributed by atoms with van der Waals surface area (Å²) in [5.74, 6) is 0.150. The van der Waals surface area contributed by atoms with Gasteiger partial charge in [-0.3, -0.25) is 9.59 Å². The minimum atomic E-state index is -0.408. The summed E-state index contributed by atoms with van der Waals surface area (Å²) in [6.45, 7) is 2.48. The van der Waals surface area contributed by atoms with E-state index in [9.17, 15) is 14.7 Å². The van der Waals surface area contributed by atoms with Gasteiger partial charge in [0.1, 0.15) is 5.75 Å². The zero-order chi connectivity index (χ0) is 16.1. The van der Waals surface area contributed by atoms with Gasteiger partial charge in [0.2, 0.25) is 5.43 Å². The fraction of sp³-hybridized carbons (Fsp3) is 0.250. The molecule has 22 heavy (non-hydrogen) atoms. The molecular weight excluding hydrogens is 284 g/mol. The van der Waals surface area contributed by atoms with E-state index in [0.717, 1.165) is 0 Å². The van der Waals surface area contributed by atoms with Crippen LogP contribution in [0.25, 0.3) is 0 Å². The molecule has 0 aliphatic heterocycles. The van der Waals surface area contributed by atoms with Crippen molar-refractivity contribution in [2.75, 3.05) is 13.7 Å². The van der Waals surface area contributed by atoms with E-state index < -0.39 is 5.43 Å². The number of benzene rings is 1. The Balaban J connectivity index is 1.97. The lowest BCUT2D eigenvalue weighted by Gasteiger charge is -2.12. The Morgan fingerprint density at radius 2 is 2.14 bits per heavy atom. The number of amides is 1. The Labute approximate surface area is 128 Å². The number of aromatic nitrogens is 1. The SMILES string of the molecule is COc1cccc(C(=O)NCCn2ccc(=O)c(O)c2C)c1. The number of ether oxygens (including phenoxy) is 1. The summed E-state index contributed by atoms with van der Waals surface area (Å²) in [4.78, 5) is 23.3. The highest BCUT2D eigenvalue weighted by molar-refractivity contribution is 5.94. The van der Waals surface area contributed by atoms with E-state index in [1.807, 2.05) is 0 Å². The molecule has 6 nitrogen and oxygen atoms in total. The molecule has 1 amide bonds. The largest absolute Gasteiger partial charge is 0.503 e. The van der Waals surface area contributed by atoms with E-state index in [-0.39, 0.29) is 11.7 Å². The minimum absolute atomic E-state index is 0.207. The fourth-order valence-electron chi connectivity index (χ4n) is 2.06. The van der Waals surface area contributed by atoms with E-state index in [1.54, 1.807) is 49.1 Å². The molecule has 2 N–H and O–H groups in total. The highest BCUT2D eigenvalue weighted by atomic mass is 16.5. The predicted molar refractivity (Wildman–Crippen MR) is 82.4 cm³/mol. The Morgan fingerprint density at radius 1 is 1.36 bits per heavy atom. The molecule has 0 aliphatic rings. The second-order valence-corrected chi connectivity index (χ2v) is 4.80. The number of hydrogen-bond donors (Lipinski definition) is 2. The molecule has 0 bridgehead atoms. The summed E-state index contributed by atoms with van der Waals surface area (Å²) in [7, 11) is 1.54. The van der Waals surface area contributed by atoms with Crippen LogP contribution in [0.5, 0.6) is 11.5 Å². The van der Waals surface area contributed by atoms with Crippen molar-refractivity contribution in [1.82, 2.24) is 9.88 Å². The standard InChI is InChI=1S/C16H18N2O4/c1-11-15(20)14(19)6-8-18(11)9-7-17-16(21)12-4-3-5-13(10-12)22-2/h3-6,8,10,20H,7,9H2,1-2H3,(H,17,21). The molecule has 1 aromatic heterocycles. The summed E-state index contributed by atoms with van der Waals surface area (Å²) in [6.07, 6.45) is 1.59. The van der Waals surface area contributed by atoms with Gasteiger partial charge in [-0.25, -0.2) is 0 Å². The Bertz CT molecular complexity index is 737. The highest BCUT2D eigenvalue weighted by Gasteiger charge is 2.08. The van der Waals surface area contributed by atoms with Gasteiger partial charge in [-0.05, 0) is 25.1 Å². The van der Waals surface area contributed by atoms with Crippen LogP contribution in [0.2, 0.25) is 0 Å². The van der Waals surface area contributed by atoms with Crippen molar-refractivity contribution in [3.8, 4) is 11.5 Å². The van der Waals surface area contributed by atoms with Crippen LogP contribution in [-0.2, 0) is 6.54 Å². The Kier molecular flexibility index (Phi) is 4.83. The number of rotatable bonds is 5. The van der Waals surface area contributed by atoms with Gasteiger partial charge in [-0.15, -0.1) is 0 Å². The number of carbonyl (C=O) groups is 1. The Hall–Kier alpha value is -2.76. The first-order chi connectivity index (χ1) is 10.5. The second-order valence-electron chi connectivity index (χ2n) is 4.80. The number of aromatic hydroxyl groups is 1. The zero-order valence-corrected chi connectivity index (χ0v) is 12.5. The number of pyridine rings is 1. The topological polar surface area (TPSA) is 80.6 Å². The minimum Gasteiger partial charge on any atom is -0.503 e. The van der Waals surface area contributed by atoms with Gasteiger partial charge in [-0.1, -0.05) is 6.07 Å². The van der Waals surface area contributed by atoms with Gasteiger partial charge in [0.15, 0.2) is 5.75 Å². The lowest BCUT2D eigenvalue weighted by Crippen LogP contribution is -2.28. The van der Waals surface area contributed by atoms with Crippen molar-refractivity contribution in [2.45, 2.75) is 13.5 Å². The molecule has 2 rings (SSSR count). The van der Waals surface area contributed by atoms with Gasteiger partial charge in [-0.2, -0.15) is 0 Å². The monoisotopic (exact) mass is 302 g/mol. The second kappa shape index (κ2) is 6.80. The van der Waals surface area contributed by atoms with Crippen molar-refractivity contribution < 1.29 is 14.6 Å². The lowest BCUT2D eigenvalue weighted by atomic mass is 10.2. The molecule has 1 heterocycles. The molecule has 0 unspecified atom stereocenters. The van der Waals surface area contributed by atoms with Gasteiger partial charge < -0.3 is 19.7 Å². The van der Waals surface area contributed by atoms with Gasteiger partial charge in [0, 0.05) is 30.9 Å². The normalized spacial score (nSPS) is 10.3. The van der Waals surface area contributed by atoms with Crippen molar-refractivity contribution >= 4 is 5.91 Å². The first-order valence-electron chi connectivity index (χ1n) is 6.84. The average Bonchev–Trinajstić information content (AvgIpc) is 2.54. The summed E-state index contributed by atoms with van der Waals surface area (Å²) in [5.41, 5.74) is 0.580. The third-order valence-electron chi connectivity index (χ3n) is 3.38. The molecule has 0 radical (unpaired) electrons. The van der Waals surface area contributed by atoms with Crippen molar-refractivity contribution in [1.29, 1.82) is 0 Å². The molecule has 116 valence electrons. The van der Waals surface area contributed by atoms with Crippen LogP contribution in [0, 0.1) is 6.92 Å². The molecule has 0 fully saturated rings. The van der Waals surface area contributed by atoms with Crippen molar-refractivity contribution in [3.63, 3.8) is 0 Å². The quantitative estimate of drug-likeness (QED) is 0.872. The fourth-order valence-corrected chi connectivity index (χ4v) is 2.06. The first-order valence-corrected chi connectivity index (χ1v) is 6.84. The zero-order valence-electron chi connectivity index (χ0n) is 12.5. The van der Waals surface area contributed by atoms with E-state index in [0.29, 0.717) is 30.1 Å². The number of carbonyl (C=O) groups excluding carboxylic acids is 1. The molecule has 0 spiro atoms. The van der Waals surface area contributed by atoms with Crippen LogP contribution in [0.1, 0.15) is 16.1 Å². The van der Waals surface area contributed by atoms with Gasteiger partial charge in [0.05, 0.1) is 12.8 Å². The van der Waals surface area contributed by atoms with Crippen LogP contribution >= 0.6 is 0 Å². The molecule has 0 aliphatic carbocycles. The molecule has 1 aromatic carbocycles. The van der Waals surface area contributed by atoms with Crippen molar-refractivity contribution in [3.05, 3.63) is 58.0 Å². The van der Waals surface area contributed by atoms with Crippen LogP contribution < -0.4 is 15.5 Å². The number of nitrogens with zero attached hydrogens (tertiary/aromatic N) is 1. The molecule has 0 saturated heterocycles. The van der Waals surface area contributed by atoms with E-state index in [4.69, 9.17) is 4.74 Å². The summed E-state index contributed by atoms with van der Waals surface area (Å²) < 4.78 is 6.79. The molecular formula is C16H18N2O4. The predicted octanol–water partition coefficient (Wildman–Crippen LogP) is 1.30. The van der Waals surface area contributed by atoms with Crippen LogP contribution in [0.3, 0.4) is 0 Å². The molecule has 2 aromatic rings. The third kappa shape index (κ3) is 3.46. The Morgan fingerprint density at radius 3 is 2.86 bits per heavy atom. The molecule has 0 atom stereocenters. The maximum absolute atomic E-state index is 12.0. The highest BCUT2D eigenvalue weighted by Crippen LogP contribution is 2.12. The van der Waals surface area contributed by atoms with E-state index in [2.05, 4.69) is 5.32 Å². The van der Waals surface area contributed by atoms with Crippen LogP contribution in [0.15, 0.2) is 41.3 Å². The van der Waals surface area contributed by atoms with E-state index >= 15 is 0 Å². The summed E-state index contributed by atoms with van der Waals surface area (Å²) >= 11 is 0. The van der Waals surface area contributed by atoms with Crippen LogP contribution in [-0.4, -0.2) is 29.2 Å². The van der Waals surface area contributed by atoms with Crippen molar-refractivity contribution in [2.24, 2.45) is 0 Å². The lowest BCUT2D eigenvalue weighted by molar-refractivity contribution is 0.0952. The number of methoxy groups -OCH3 is 1. The maximum atomic E-state index is 12.0.